The van der Waals surface area contributed by atoms with E-state index in [1.54, 1.807) is 0 Å². The zero-order valence-electron chi connectivity index (χ0n) is 10.4. The van der Waals surface area contributed by atoms with E-state index >= 15 is 0 Å². The third kappa shape index (κ3) is 2.26. The van der Waals surface area contributed by atoms with E-state index in [2.05, 4.69) is 4.90 Å². The van der Waals surface area contributed by atoms with E-state index in [-0.39, 0.29) is 5.91 Å². The molecule has 2 aliphatic heterocycles. The molecule has 1 aromatic rings. The van der Waals surface area contributed by atoms with Gasteiger partial charge in [0, 0.05) is 31.4 Å². The summed E-state index contributed by atoms with van der Waals surface area (Å²) in [6, 6.07) is 10.3. The van der Waals surface area contributed by atoms with Crippen LogP contribution in [-0.2, 0) is 9.53 Å². The molecule has 1 aromatic carbocycles. The molecule has 1 amide bonds. The number of amides is 1. The van der Waals surface area contributed by atoms with Gasteiger partial charge in [0.1, 0.15) is 0 Å². The van der Waals surface area contributed by atoms with Gasteiger partial charge < -0.3 is 9.64 Å². The van der Waals surface area contributed by atoms with Gasteiger partial charge in [0.2, 0.25) is 5.91 Å². The van der Waals surface area contributed by atoms with Crippen LogP contribution in [-0.4, -0.2) is 49.7 Å². The molecular formula is C14H18N2O2. The second-order valence-electron chi connectivity index (χ2n) is 4.87. The van der Waals surface area contributed by atoms with Gasteiger partial charge in [-0.1, -0.05) is 18.2 Å². The van der Waals surface area contributed by atoms with Gasteiger partial charge in [-0.05, 0) is 18.6 Å². The van der Waals surface area contributed by atoms with Crippen molar-refractivity contribution < 1.29 is 9.53 Å². The Morgan fingerprint density at radius 2 is 2.00 bits per heavy atom. The zero-order chi connectivity index (χ0) is 12.4. The fourth-order valence-electron chi connectivity index (χ4n) is 2.69. The van der Waals surface area contributed by atoms with Gasteiger partial charge in [-0.2, -0.15) is 0 Å². The number of para-hydroxylation sites is 1. The zero-order valence-corrected chi connectivity index (χ0v) is 10.4. The summed E-state index contributed by atoms with van der Waals surface area (Å²) in [4.78, 5) is 16.3. The van der Waals surface area contributed by atoms with Crippen molar-refractivity contribution in [1.29, 1.82) is 0 Å². The molecule has 0 radical (unpaired) electrons. The first-order chi connectivity index (χ1) is 8.84. The summed E-state index contributed by atoms with van der Waals surface area (Å²) in [5, 5.41) is 0. The van der Waals surface area contributed by atoms with Gasteiger partial charge in [0.05, 0.1) is 13.2 Å². The number of carbonyl (C=O) groups is 1. The highest BCUT2D eigenvalue weighted by Crippen LogP contribution is 2.20. The van der Waals surface area contributed by atoms with Crippen molar-refractivity contribution in [2.45, 2.75) is 12.5 Å². The van der Waals surface area contributed by atoms with Crippen LogP contribution in [0.4, 0.5) is 5.69 Å². The highest BCUT2D eigenvalue weighted by atomic mass is 16.5. The number of nitrogens with zero attached hydrogens (tertiary/aromatic N) is 2. The standard InChI is InChI=1S/C14H18N2O2/c17-14-10-15(13-6-9-18-11-13)7-8-16(14)12-4-2-1-3-5-12/h1-5,13H,6-11H2. The molecule has 96 valence electrons. The SMILES string of the molecule is O=C1CN(C2CCOC2)CCN1c1ccccc1. The normalized spacial score (nSPS) is 25.7. The van der Waals surface area contributed by atoms with Crippen molar-refractivity contribution in [3.63, 3.8) is 0 Å². The molecule has 2 fully saturated rings. The van der Waals surface area contributed by atoms with E-state index in [1.165, 1.54) is 0 Å². The lowest BCUT2D eigenvalue weighted by atomic mass is 10.1. The minimum absolute atomic E-state index is 0.194. The molecule has 2 heterocycles. The second-order valence-corrected chi connectivity index (χ2v) is 4.87. The molecule has 1 unspecified atom stereocenters. The lowest BCUT2D eigenvalue weighted by molar-refractivity contribution is -0.122. The molecule has 0 aliphatic carbocycles. The largest absolute Gasteiger partial charge is 0.380 e. The number of hydrogen-bond donors (Lipinski definition) is 0. The molecule has 0 aromatic heterocycles. The lowest BCUT2D eigenvalue weighted by Crippen LogP contribution is -2.53. The van der Waals surface area contributed by atoms with Crippen LogP contribution in [0.1, 0.15) is 6.42 Å². The monoisotopic (exact) mass is 246 g/mol. The van der Waals surface area contributed by atoms with Gasteiger partial charge in [-0.15, -0.1) is 0 Å². The minimum atomic E-state index is 0.194. The molecule has 0 bridgehead atoms. The van der Waals surface area contributed by atoms with Crippen LogP contribution in [0.5, 0.6) is 0 Å². The van der Waals surface area contributed by atoms with Crippen LogP contribution in [0.3, 0.4) is 0 Å². The Morgan fingerprint density at radius 3 is 2.67 bits per heavy atom. The van der Waals surface area contributed by atoms with Gasteiger partial charge in [0.25, 0.3) is 0 Å². The van der Waals surface area contributed by atoms with E-state index in [0.717, 1.165) is 38.4 Å². The number of anilines is 1. The summed E-state index contributed by atoms with van der Waals surface area (Å²) in [6.45, 7) is 3.84. The maximum atomic E-state index is 12.2. The summed E-state index contributed by atoms with van der Waals surface area (Å²) >= 11 is 0. The predicted octanol–water partition coefficient (Wildman–Crippen LogP) is 1.12. The molecule has 1 atom stereocenters. The second kappa shape index (κ2) is 5.08. The molecule has 2 saturated heterocycles. The molecule has 0 saturated carbocycles. The molecule has 0 N–H and O–H groups in total. The van der Waals surface area contributed by atoms with Crippen LogP contribution in [0.15, 0.2) is 30.3 Å². The quantitative estimate of drug-likeness (QED) is 0.784. The third-order valence-corrected chi connectivity index (χ3v) is 3.74. The first-order valence-corrected chi connectivity index (χ1v) is 6.52. The Kier molecular flexibility index (Phi) is 3.30. The fraction of sp³-hybridized carbons (Fsp3) is 0.500. The van der Waals surface area contributed by atoms with Crippen molar-refractivity contribution >= 4 is 11.6 Å². The number of carbonyl (C=O) groups excluding carboxylic acids is 1. The Balaban J connectivity index is 1.67. The first kappa shape index (κ1) is 11.7. The van der Waals surface area contributed by atoms with Crippen molar-refractivity contribution in [2.75, 3.05) is 37.7 Å². The average Bonchev–Trinajstić information content (AvgIpc) is 2.93. The lowest BCUT2D eigenvalue weighted by Gasteiger charge is -2.37. The number of benzene rings is 1. The Labute approximate surface area is 107 Å². The summed E-state index contributed by atoms with van der Waals surface area (Å²) in [5.41, 5.74) is 1.00. The van der Waals surface area contributed by atoms with Crippen LogP contribution in [0.2, 0.25) is 0 Å². The molecule has 4 heteroatoms. The van der Waals surface area contributed by atoms with Gasteiger partial charge in [-0.3, -0.25) is 9.69 Å². The number of piperazine rings is 1. The highest BCUT2D eigenvalue weighted by Gasteiger charge is 2.31. The van der Waals surface area contributed by atoms with Crippen LogP contribution in [0.25, 0.3) is 0 Å². The maximum absolute atomic E-state index is 12.2. The molecular weight excluding hydrogens is 228 g/mol. The summed E-state index contributed by atoms with van der Waals surface area (Å²) in [6.07, 6.45) is 1.05. The Hall–Kier alpha value is -1.39. The van der Waals surface area contributed by atoms with E-state index in [9.17, 15) is 4.79 Å². The first-order valence-electron chi connectivity index (χ1n) is 6.52. The van der Waals surface area contributed by atoms with Crippen LogP contribution >= 0.6 is 0 Å². The maximum Gasteiger partial charge on any atom is 0.241 e. The number of ether oxygens (including phenoxy) is 1. The van der Waals surface area contributed by atoms with Gasteiger partial charge in [-0.25, -0.2) is 0 Å². The molecule has 18 heavy (non-hydrogen) atoms. The van der Waals surface area contributed by atoms with E-state index in [1.807, 2.05) is 35.2 Å². The molecule has 0 spiro atoms. The summed E-state index contributed by atoms with van der Waals surface area (Å²) < 4.78 is 5.39. The van der Waals surface area contributed by atoms with E-state index in [0.29, 0.717) is 12.6 Å². The average molecular weight is 246 g/mol. The van der Waals surface area contributed by atoms with Crippen molar-refractivity contribution in [3.8, 4) is 0 Å². The van der Waals surface area contributed by atoms with Crippen LogP contribution in [0, 0.1) is 0 Å². The summed E-state index contributed by atoms with van der Waals surface area (Å²) in [5.74, 6) is 0.194. The minimum Gasteiger partial charge on any atom is -0.380 e. The third-order valence-electron chi connectivity index (χ3n) is 3.74. The number of rotatable bonds is 2. The molecule has 3 rings (SSSR count). The molecule has 4 nitrogen and oxygen atoms in total. The number of hydrogen-bond acceptors (Lipinski definition) is 3. The van der Waals surface area contributed by atoms with E-state index < -0.39 is 0 Å². The van der Waals surface area contributed by atoms with Crippen molar-refractivity contribution in [3.05, 3.63) is 30.3 Å². The summed E-state index contributed by atoms with van der Waals surface area (Å²) in [7, 11) is 0. The predicted molar refractivity (Wildman–Crippen MR) is 69.6 cm³/mol. The smallest absolute Gasteiger partial charge is 0.241 e. The van der Waals surface area contributed by atoms with E-state index in [4.69, 9.17) is 4.74 Å². The van der Waals surface area contributed by atoms with Crippen LogP contribution < -0.4 is 4.90 Å². The van der Waals surface area contributed by atoms with Gasteiger partial charge >= 0.3 is 0 Å². The Bertz CT molecular complexity index is 415. The Morgan fingerprint density at radius 1 is 1.17 bits per heavy atom. The highest BCUT2D eigenvalue weighted by molar-refractivity contribution is 5.95. The van der Waals surface area contributed by atoms with Crippen molar-refractivity contribution in [2.24, 2.45) is 0 Å². The van der Waals surface area contributed by atoms with Crippen molar-refractivity contribution in [1.82, 2.24) is 4.90 Å². The fourth-order valence-corrected chi connectivity index (χ4v) is 2.69. The molecule has 2 aliphatic rings. The topological polar surface area (TPSA) is 32.8 Å². The van der Waals surface area contributed by atoms with Gasteiger partial charge in [0.15, 0.2) is 0 Å².